The van der Waals surface area contributed by atoms with E-state index in [0.29, 0.717) is 25.1 Å². The normalized spacial score (nSPS) is 38.1. The number of fused-ring (bicyclic) bond motifs is 5. The van der Waals surface area contributed by atoms with E-state index in [2.05, 4.69) is 13.8 Å². The third-order valence-electron chi connectivity index (χ3n) is 9.83. The predicted octanol–water partition coefficient (Wildman–Crippen LogP) is 4.96. The molecule has 1 aromatic rings. The molecule has 5 rings (SSSR count). The number of Topliss-reactive ketones (excluding diaryl/α,β-unsaturated/α-hetero) is 1. The molecule has 0 spiro atoms. The number of aliphatic hydroxyl groups is 2. The Kier molecular flexibility index (Phi) is 9.33. The third kappa shape index (κ3) is 5.39. The molecule has 0 saturated heterocycles. The summed E-state index contributed by atoms with van der Waals surface area (Å²) in [5.41, 5.74) is -0.541. The van der Waals surface area contributed by atoms with Crippen LogP contribution in [0.5, 0.6) is 0 Å². The van der Waals surface area contributed by atoms with Crippen LogP contribution in [0.3, 0.4) is 0 Å². The van der Waals surface area contributed by atoms with Crippen molar-refractivity contribution < 1.29 is 29.3 Å². The number of benzene rings is 1. The maximum absolute atomic E-state index is 12.9. The lowest BCUT2D eigenvalue weighted by molar-refractivity contribution is -0.182. The van der Waals surface area contributed by atoms with Crippen LogP contribution in [0.15, 0.2) is 54.1 Å². The molecule has 4 aliphatic rings. The van der Waals surface area contributed by atoms with Gasteiger partial charge in [0.15, 0.2) is 12.4 Å². The summed E-state index contributed by atoms with van der Waals surface area (Å²) in [4.78, 5) is 36.1. The molecule has 8 atom stereocenters. The number of ether oxygens (including phenoxy) is 1. The number of allylic oxidation sites excluding steroid dienone is 4. The zero-order valence-corrected chi connectivity index (χ0v) is 24.1. The molecule has 7 nitrogen and oxygen atoms in total. The molecule has 3 fully saturated rings. The number of aliphatic hydroxyl groups excluding tert-OH is 1. The van der Waals surface area contributed by atoms with Crippen LogP contribution in [-0.2, 0) is 25.0 Å². The van der Waals surface area contributed by atoms with Crippen LogP contribution < -0.4 is 6.15 Å². The third-order valence-corrected chi connectivity index (χ3v) is 10.1. The Morgan fingerprint density at radius 3 is 2.44 bits per heavy atom. The van der Waals surface area contributed by atoms with Crippen molar-refractivity contribution >= 4 is 29.1 Å². The molecule has 8 heteroatoms. The first-order valence-electron chi connectivity index (χ1n) is 13.5. The van der Waals surface area contributed by atoms with Crippen molar-refractivity contribution in [3.8, 4) is 0 Å². The van der Waals surface area contributed by atoms with Gasteiger partial charge < -0.3 is 21.1 Å². The van der Waals surface area contributed by atoms with Gasteiger partial charge >= 0.3 is 5.97 Å². The topological polar surface area (TPSA) is 136 Å². The Bertz CT molecular complexity index is 1150. The van der Waals surface area contributed by atoms with Gasteiger partial charge in [0.05, 0.1) is 6.10 Å². The van der Waals surface area contributed by atoms with Crippen LogP contribution in [0.25, 0.3) is 0 Å². The van der Waals surface area contributed by atoms with Crippen molar-refractivity contribution in [3.05, 3.63) is 59.7 Å². The molecular formula is C31H42ClNO6. The van der Waals surface area contributed by atoms with E-state index in [1.54, 1.807) is 12.2 Å². The minimum atomic E-state index is -1.61. The van der Waals surface area contributed by atoms with Gasteiger partial charge in [-0.25, -0.2) is 0 Å². The van der Waals surface area contributed by atoms with Crippen LogP contribution >= 0.6 is 11.6 Å². The Balaban J connectivity index is 0.000000402. The van der Waals surface area contributed by atoms with Gasteiger partial charge in [-0.2, -0.15) is 0 Å². The maximum atomic E-state index is 12.9. The van der Waals surface area contributed by atoms with E-state index >= 15 is 0 Å². The first kappa shape index (κ1) is 31.2. The molecule has 0 amide bonds. The zero-order chi connectivity index (χ0) is 27.9. The molecule has 4 aliphatic carbocycles. The van der Waals surface area contributed by atoms with E-state index in [4.69, 9.17) is 16.3 Å². The number of hydrogen-bond acceptors (Lipinski definition) is 7. The summed E-state index contributed by atoms with van der Waals surface area (Å²) in [6.07, 6.45) is 6.71. The van der Waals surface area contributed by atoms with Gasteiger partial charge in [-0.1, -0.05) is 62.8 Å². The standard InChI is InChI=1S/C24H32O6.C7H7Cl.H3N/c1-13-9-16-17-6-8-24(29,20(28)12-30-14(2)25)23(17,4)11-19(27)21(16)22(3)7-5-15(26)10-18(13)22;8-6-7-4-2-1-3-5-7;/h5,7,10,13,16-17,19,21,27,29H,6,8-9,11-12H2,1-4H3;1-5H,6H2;1H3/t13-,16-,17-,19-,21+,22-,23-,24-;;/m0../s1. The van der Waals surface area contributed by atoms with Gasteiger partial charge in [0.2, 0.25) is 5.78 Å². The molecule has 214 valence electrons. The van der Waals surface area contributed by atoms with Crippen molar-refractivity contribution in [2.45, 2.75) is 71.0 Å². The lowest BCUT2D eigenvalue weighted by atomic mass is 9.45. The summed E-state index contributed by atoms with van der Waals surface area (Å²) in [6.45, 7) is 6.94. The maximum Gasteiger partial charge on any atom is 0.303 e. The largest absolute Gasteiger partial charge is 0.458 e. The Hall–Kier alpha value is -2.32. The zero-order valence-electron chi connectivity index (χ0n) is 23.4. The molecule has 39 heavy (non-hydrogen) atoms. The summed E-state index contributed by atoms with van der Waals surface area (Å²) in [6, 6.07) is 9.96. The van der Waals surface area contributed by atoms with E-state index in [1.807, 2.05) is 43.3 Å². The number of esters is 1. The monoisotopic (exact) mass is 559 g/mol. The Morgan fingerprint density at radius 1 is 1.18 bits per heavy atom. The number of hydrogen-bond donors (Lipinski definition) is 3. The number of carbonyl (C=O) groups is 3. The second kappa shape index (κ2) is 11.7. The highest BCUT2D eigenvalue weighted by atomic mass is 35.5. The van der Waals surface area contributed by atoms with E-state index in [1.165, 1.54) is 12.5 Å². The van der Waals surface area contributed by atoms with Crippen molar-refractivity contribution in [2.75, 3.05) is 6.61 Å². The SMILES string of the molecule is CC(=O)OCC(=O)[C@@]1(O)CC[C@H]2[C@@H]3C[C@H](C)C4=CC(=O)C=C[C@]4(C)[C@H]3[C@@H](O)C[C@@]21C.ClCc1ccccc1.N. The summed E-state index contributed by atoms with van der Waals surface area (Å²) < 4.78 is 4.89. The number of ketones is 2. The van der Waals surface area contributed by atoms with Crippen LogP contribution in [0.1, 0.15) is 58.9 Å². The summed E-state index contributed by atoms with van der Waals surface area (Å²) in [5.74, 6) is -0.101. The average Bonchev–Trinajstić information content (AvgIpc) is 3.15. The minimum absolute atomic E-state index is 0. The smallest absolute Gasteiger partial charge is 0.303 e. The quantitative estimate of drug-likeness (QED) is 0.350. The van der Waals surface area contributed by atoms with Crippen LogP contribution in [0.2, 0.25) is 0 Å². The fourth-order valence-corrected chi connectivity index (χ4v) is 8.24. The Labute approximate surface area is 236 Å². The van der Waals surface area contributed by atoms with Crippen LogP contribution in [-0.4, -0.2) is 46.1 Å². The van der Waals surface area contributed by atoms with Crippen LogP contribution in [0, 0.1) is 34.5 Å². The molecule has 0 aromatic heterocycles. The summed E-state index contributed by atoms with van der Waals surface area (Å²) in [5, 5.41) is 22.9. The molecule has 5 N–H and O–H groups in total. The van der Waals surface area contributed by atoms with Gasteiger partial charge in [-0.05, 0) is 61.2 Å². The minimum Gasteiger partial charge on any atom is -0.458 e. The fourth-order valence-electron chi connectivity index (χ4n) is 8.07. The highest BCUT2D eigenvalue weighted by Gasteiger charge is 2.68. The summed E-state index contributed by atoms with van der Waals surface area (Å²) >= 11 is 5.53. The van der Waals surface area contributed by atoms with E-state index in [9.17, 15) is 24.6 Å². The number of rotatable bonds is 4. The molecule has 3 saturated carbocycles. The first-order valence-corrected chi connectivity index (χ1v) is 14.0. The van der Waals surface area contributed by atoms with Gasteiger partial charge in [-0.3, -0.25) is 14.4 Å². The molecule has 0 aliphatic heterocycles. The molecular weight excluding hydrogens is 518 g/mol. The highest BCUT2D eigenvalue weighted by molar-refractivity contribution is 6.17. The van der Waals surface area contributed by atoms with Crippen molar-refractivity contribution in [1.29, 1.82) is 0 Å². The highest BCUT2D eigenvalue weighted by Crippen LogP contribution is 2.67. The molecule has 1 aromatic carbocycles. The fraction of sp³-hybridized carbons (Fsp3) is 0.581. The van der Waals surface area contributed by atoms with E-state index in [0.717, 1.165) is 12.0 Å². The van der Waals surface area contributed by atoms with Gasteiger partial charge in [0, 0.05) is 29.6 Å². The number of alkyl halides is 1. The van der Waals surface area contributed by atoms with Gasteiger partial charge in [-0.15, -0.1) is 11.6 Å². The van der Waals surface area contributed by atoms with Crippen LogP contribution in [0.4, 0.5) is 0 Å². The van der Waals surface area contributed by atoms with E-state index < -0.39 is 40.9 Å². The second-order valence-electron chi connectivity index (χ2n) is 12.0. The molecule has 0 heterocycles. The molecule has 0 bridgehead atoms. The number of carbonyl (C=O) groups excluding carboxylic acids is 3. The first-order chi connectivity index (χ1) is 17.9. The number of halogens is 1. The lowest BCUT2D eigenvalue weighted by Gasteiger charge is -2.60. The second-order valence-corrected chi connectivity index (χ2v) is 12.2. The van der Waals surface area contributed by atoms with Crippen molar-refractivity contribution in [2.24, 2.45) is 34.5 Å². The predicted molar refractivity (Wildman–Crippen MR) is 150 cm³/mol. The van der Waals surface area contributed by atoms with Gasteiger partial charge in [0.1, 0.15) is 5.60 Å². The molecule has 0 unspecified atom stereocenters. The average molecular weight is 560 g/mol. The van der Waals surface area contributed by atoms with Crippen molar-refractivity contribution in [1.82, 2.24) is 6.15 Å². The van der Waals surface area contributed by atoms with E-state index in [-0.39, 0.29) is 35.6 Å². The molecule has 0 radical (unpaired) electrons. The Morgan fingerprint density at radius 2 is 1.85 bits per heavy atom. The summed E-state index contributed by atoms with van der Waals surface area (Å²) in [7, 11) is 0. The lowest BCUT2D eigenvalue weighted by Crippen LogP contribution is -2.62. The van der Waals surface area contributed by atoms with Gasteiger partial charge in [0.25, 0.3) is 0 Å². The van der Waals surface area contributed by atoms with Crippen molar-refractivity contribution in [3.63, 3.8) is 0 Å².